The van der Waals surface area contributed by atoms with Gasteiger partial charge in [-0.25, -0.2) is 0 Å². The molecule has 5 heteroatoms. The van der Waals surface area contributed by atoms with E-state index in [1.807, 2.05) is 13.1 Å². The summed E-state index contributed by atoms with van der Waals surface area (Å²) in [7, 11) is 1.93. The summed E-state index contributed by atoms with van der Waals surface area (Å²) in [6, 6.07) is 0.367. The Balaban J connectivity index is 0.00000256. The first kappa shape index (κ1) is 16.1. The Labute approximate surface area is 109 Å². The Morgan fingerprint density at radius 2 is 2.06 bits per heavy atom. The molecule has 98 valence electrons. The summed E-state index contributed by atoms with van der Waals surface area (Å²) in [5.41, 5.74) is 1.33. The predicted octanol–water partition coefficient (Wildman–Crippen LogP) is 2.85. The molecule has 1 N–H and O–H groups in total. The molecule has 0 saturated heterocycles. The van der Waals surface area contributed by atoms with Crippen LogP contribution in [0.25, 0.3) is 6.08 Å². The van der Waals surface area contributed by atoms with Gasteiger partial charge in [-0.2, -0.15) is 4.98 Å². The molecule has 1 aromatic heterocycles. The number of nitrogens with one attached hydrogen (secondary N) is 1. The third-order valence-electron chi connectivity index (χ3n) is 2.70. The lowest BCUT2D eigenvalue weighted by Crippen LogP contribution is -2.24. The summed E-state index contributed by atoms with van der Waals surface area (Å²) < 4.78 is 5.18. The highest BCUT2D eigenvalue weighted by molar-refractivity contribution is 5.85. The van der Waals surface area contributed by atoms with Gasteiger partial charge in [-0.15, -0.1) is 12.4 Å². The molecule has 1 heterocycles. The number of hydrogen-bond acceptors (Lipinski definition) is 4. The number of allylic oxidation sites excluding steroid dienone is 1. The fraction of sp³-hybridized carbons (Fsp3) is 0.667. The number of aromatic nitrogens is 2. The zero-order valence-electron chi connectivity index (χ0n) is 11.0. The normalized spacial score (nSPS) is 11.8. The fourth-order valence-corrected chi connectivity index (χ4v) is 1.41. The Kier molecular flexibility index (Phi) is 7.83. The molecule has 0 radical (unpaired) electrons. The minimum absolute atomic E-state index is 0. The Morgan fingerprint density at radius 3 is 2.59 bits per heavy atom. The molecule has 0 aromatic carbocycles. The van der Waals surface area contributed by atoms with Crippen LogP contribution in [-0.4, -0.2) is 23.2 Å². The molecule has 1 rings (SSSR count). The SMILES string of the molecule is CCC(=Cc1nc(CC(C)NC)no1)CC.Cl. The molecular formula is C12H22ClN3O. The van der Waals surface area contributed by atoms with Gasteiger partial charge in [0.2, 0.25) is 0 Å². The van der Waals surface area contributed by atoms with Gasteiger partial charge in [-0.05, 0) is 26.8 Å². The van der Waals surface area contributed by atoms with Gasteiger partial charge in [0.05, 0.1) is 0 Å². The van der Waals surface area contributed by atoms with E-state index in [0.717, 1.165) is 25.1 Å². The summed E-state index contributed by atoms with van der Waals surface area (Å²) in [4.78, 5) is 4.34. The first-order chi connectivity index (χ1) is 7.69. The number of nitrogens with zero attached hydrogens (tertiary/aromatic N) is 2. The van der Waals surface area contributed by atoms with Crippen LogP contribution in [0.4, 0.5) is 0 Å². The van der Waals surface area contributed by atoms with Crippen molar-refractivity contribution in [3.8, 4) is 0 Å². The number of halogens is 1. The topological polar surface area (TPSA) is 51.0 Å². The average molecular weight is 260 g/mol. The minimum Gasteiger partial charge on any atom is -0.335 e. The van der Waals surface area contributed by atoms with E-state index < -0.39 is 0 Å². The first-order valence-electron chi connectivity index (χ1n) is 5.88. The fourth-order valence-electron chi connectivity index (χ4n) is 1.41. The molecule has 1 atom stereocenters. The van der Waals surface area contributed by atoms with Crippen LogP contribution < -0.4 is 5.32 Å². The van der Waals surface area contributed by atoms with Gasteiger partial charge >= 0.3 is 0 Å². The number of rotatable bonds is 6. The van der Waals surface area contributed by atoms with Crippen molar-refractivity contribution in [3.63, 3.8) is 0 Å². The average Bonchev–Trinajstić information content (AvgIpc) is 2.73. The van der Waals surface area contributed by atoms with Crippen LogP contribution in [0.15, 0.2) is 10.1 Å². The molecule has 0 fully saturated rings. The zero-order chi connectivity index (χ0) is 12.0. The lowest BCUT2D eigenvalue weighted by atomic mass is 10.1. The quantitative estimate of drug-likeness (QED) is 0.854. The molecule has 0 saturated carbocycles. The van der Waals surface area contributed by atoms with Gasteiger partial charge in [0.1, 0.15) is 0 Å². The van der Waals surface area contributed by atoms with Gasteiger partial charge in [0, 0.05) is 18.5 Å². The Bertz CT molecular complexity index is 343. The van der Waals surface area contributed by atoms with Gasteiger partial charge < -0.3 is 9.84 Å². The van der Waals surface area contributed by atoms with Crippen molar-refractivity contribution in [2.75, 3.05) is 7.05 Å². The molecule has 0 spiro atoms. The van der Waals surface area contributed by atoms with Crippen molar-refractivity contribution in [2.24, 2.45) is 0 Å². The Hall–Kier alpha value is -0.870. The standard InChI is InChI=1S/C12H21N3O.ClH/c1-5-10(6-2)8-12-14-11(15-16-12)7-9(3)13-4;/h8-9,13H,5-7H2,1-4H3;1H. The summed E-state index contributed by atoms with van der Waals surface area (Å²) in [5, 5.41) is 7.10. The van der Waals surface area contributed by atoms with E-state index in [0.29, 0.717) is 11.9 Å². The van der Waals surface area contributed by atoms with E-state index in [1.54, 1.807) is 0 Å². The van der Waals surface area contributed by atoms with E-state index in [4.69, 9.17) is 4.52 Å². The van der Waals surface area contributed by atoms with Crippen molar-refractivity contribution < 1.29 is 4.52 Å². The van der Waals surface area contributed by atoms with E-state index in [2.05, 4.69) is 36.2 Å². The number of likely N-dealkylation sites (N-methyl/N-ethyl adjacent to an activating group) is 1. The highest BCUT2D eigenvalue weighted by Gasteiger charge is 2.08. The van der Waals surface area contributed by atoms with Crippen molar-refractivity contribution in [2.45, 2.75) is 46.1 Å². The maximum Gasteiger partial charge on any atom is 0.250 e. The predicted molar refractivity (Wildman–Crippen MR) is 72.3 cm³/mol. The lowest BCUT2D eigenvalue weighted by molar-refractivity contribution is 0.399. The molecule has 0 aliphatic heterocycles. The second-order valence-electron chi connectivity index (χ2n) is 3.95. The van der Waals surface area contributed by atoms with Crippen LogP contribution in [0.2, 0.25) is 0 Å². The van der Waals surface area contributed by atoms with Gasteiger partial charge in [-0.1, -0.05) is 24.6 Å². The van der Waals surface area contributed by atoms with Crippen LogP contribution in [-0.2, 0) is 6.42 Å². The third-order valence-corrected chi connectivity index (χ3v) is 2.70. The van der Waals surface area contributed by atoms with Crippen LogP contribution in [0.1, 0.15) is 45.3 Å². The van der Waals surface area contributed by atoms with Crippen molar-refractivity contribution in [3.05, 3.63) is 17.3 Å². The minimum atomic E-state index is 0. The van der Waals surface area contributed by atoms with E-state index in [1.165, 1.54) is 5.57 Å². The molecule has 1 unspecified atom stereocenters. The van der Waals surface area contributed by atoms with Crippen molar-refractivity contribution in [1.29, 1.82) is 0 Å². The molecule has 0 amide bonds. The van der Waals surface area contributed by atoms with Gasteiger partial charge in [-0.3, -0.25) is 0 Å². The highest BCUT2D eigenvalue weighted by Crippen LogP contribution is 2.11. The molecule has 4 nitrogen and oxygen atoms in total. The maximum atomic E-state index is 5.18. The van der Waals surface area contributed by atoms with Crippen LogP contribution >= 0.6 is 12.4 Å². The molecule has 0 aliphatic carbocycles. The highest BCUT2D eigenvalue weighted by atomic mass is 35.5. The lowest BCUT2D eigenvalue weighted by Gasteiger charge is -2.04. The zero-order valence-corrected chi connectivity index (χ0v) is 11.8. The first-order valence-corrected chi connectivity index (χ1v) is 5.88. The summed E-state index contributed by atoms with van der Waals surface area (Å²) in [6.45, 7) is 6.36. The smallest absolute Gasteiger partial charge is 0.250 e. The molecule has 1 aromatic rings. The number of hydrogen-bond donors (Lipinski definition) is 1. The van der Waals surface area contributed by atoms with Gasteiger partial charge in [0.15, 0.2) is 5.82 Å². The summed E-state index contributed by atoms with van der Waals surface area (Å²) in [6.07, 6.45) is 4.84. The second kappa shape index (κ2) is 8.25. The van der Waals surface area contributed by atoms with E-state index in [-0.39, 0.29) is 12.4 Å². The van der Waals surface area contributed by atoms with Gasteiger partial charge in [0.25, 0.3) is 5.89 Å². The van der Waals surface area contributed by atoms with E-state index >= 15 is 0 Å². The van der Waals surface area contributed by atoms with Crippen LogP contribution in [0.5, 0.6) is 0 Å². The monoisotopic (exact) mass is 259 g/mol. The molecule has 0 bridgehead atoms. The van der Waals surface area contributed by atoms with E-state index in [9.17, 15) is 0 Å². The van der Waals surface area contributed by atoms with Crippen LogP contribution in [0, 0.1) is 0 Å². The largest absolute Gasteiger partial charge is 0.335 e. The third kappa shape index (κ3) is 5.33. The van der Waals surface area contributed by atoms with Crippen molar-refractivity contribution in [1.82, 2.24) is 15.5 Å². The summed E-state index contributed by atoms with van der Waals surface area (Å²) in [5.74, 6) is 1.39. The molecule has 0 aliphatic rings. The Morgan fingerprint density at radius 1 is 1.41 bits per heavy atom. The van der Waals surface area contributed by atoms with Crippen LogP contribution in [0.3, 0.4) is 0 Å². The van der Waals surface area contributed by atoms with Crippen molar-refractivity contribution >= 4 is 18.5 Å². The molecule has 17 heavy (non-hydrogen) atoms. The summed E-state index contributed by atoms with van der Waals surface area (Å²) >= 11 is 0. The molecular weight excluding hydrogens is 238 g/mol. The second-order valence-corrected chi connectivity index (χ2v) is 3.95. The maximum absolute atomic E-state index is 5.18.